The number of nitrogens with zero attached hydrogens (tertiary/aromatic N) is 2. The molecule has 1 aromatic heterocycles. The Balaban J connectivity index is 1.91. The molecule has 0 fully saturated rings. The van der Waals surface area contributed by atoms with E-state index in [-0.39, 0.29) is 0 Å². The maximum Gasteiger partial charge on any atom is 0.120 e. The fourth-order valence-electron chi connectivity index (χ4n) is 1.50. The summed E-state index contributed by atoms with van der Waals surface area (Å²) in [5, 5.41) is 8.80. The number of ether oxygens (including phenoxy) is 1. The summed E-state index contributed by atoms with van der Waals surface area (Å²) < 4.78 is 6.36. The average molecular weight is 303 g/mol. The van der Waals surface area contributed by atoms with Gasteiger partial charge in [-0.15, -0.1) is 0 Å². The molecule has 0 spiro atoms. The van der Waals surface area contributed by atoms with E-state index in [4.69, 9.17) is 10.00 Å². The fourth-order valence-corrected chi connectivity index (χ4v) is 1.94. The second kappa shape index (κ2) is 6.18. The van der Waals surface area contributed by atoms with E-state index in [1.165, 1.54) is 0 Å². The molecule has 0 radical (unpaired) electrons. The van der Waals surface area contributed by atoms with Crippen molar-refractivity contribution < 1.29 is 4.74 Å². The minimum absolute atomic E-state index is 0.565. The molecule has 0 aliphatic heterocycles. The van der Waals surface area contributed by atoms with Gasteiger partial charge in [0.05, 0.1) is 12.2 Å². The lowest BCUT2D eigenvalue weighted by molar-refractivity contribution is 0.320. The molecule has 0 aliphatic rings. The Labute approximate surface area is 114 Å². The van der Waals surface area contributed by atoms with E-state index in [0.29, 0.717) is 12.2 Å². The van der Waals surface area contributed by atoms with Gasteiger partial charge in [-0.25, -0.2) is 0 Å². The lowest BCUT2D eigenvalue weighted by Crippen LogP contribution is -2.02. The van der Waals surface area contributed by atoms with Crippen LogP contribution in [-0.2, 0) is 6.42 Å². The molecule has 2 aromatic rings. The molecular weight excluding hydrogens is 292 g/mol. The number of benzene rings is 1. The highest BCUT2D eigenvalue weighted by Gasteiger charge is 2.01. The zero-order valence-electron chi connectivity index (χ0n) is 9.64. The van der Waals surface area contributed by atoms with Crippen molar-refractivity contribution in [1.29, 1.82) is 5.26 Å². The van der Waals surface area contributed by atoms with Crippen molar-refractivity contribution in [3.63, 3.8) is 0 Å². The minimum Gasteiger partial charge on any atom is -0.493 e. The first-order valence-corrected chi connectivity index (χ1v) is 6.31. The molecule has 0 unspecified atom stereocenters. The van der Waals surface area contributed by atoms with Gasteiger partial charge in [0.1, 0.15) is 11.8 Å². The van der Waals surface area contributed by atoms with Crippen molar-refractivity contribution >= 4 is 15.9 Å². The van der Waals surface area contributed by atoms with Crippen molar-refractivity contribution in [2.45, 2.75) is 6.42 Å². The molecule has 3 nitrogen and oxygen atoms in total. The fraction of sp³-hybridized carbons (Fsp3) is 0.143. The van der Waals surface area contributed by atoms with E-state index in [1.54, 1.807) is 24.4 Å². The molecule has 0 N–H and O–H groups in total. The van der Waals surface area contributed by atoms with Crippen LogP contribution in [0.25, 0.3) is 0 Å². The Hall–Kier alpha value is -1.86. The van der Waals surface area contributed by atoms with Gasteiger partial charge in [0.2, 0.25) is 0 Å². The van der Waals surface area contributed by atoms with Crippen LogP contribution in [0, 0.1) is 11.3 Å². The van der Waals surface area contributed by atoms with Crippen LogP contribution in [0.4, 0.5) is 0 Å². The van der Waals surface area contributed by atoms with Crippen LogP contribution in [0.2, 0.25) is 0 Å². The average Bonchev–Trinajstić information content (AvgIpc) is 2.40. The second-order valence-electron chi connectivity index (χ2n) is 3.67. The number of pyridine rings is 1. The van der Waals surface area contributed by atoms with Crippen LogP contribution in [0.15, 0.2) is 47.1 Å². The zero-order valence-corrected chi connectivity index (χ0v) is 11.2. The molecule has 1 aromatic carbocycles. The molecule has 1 heterocycles. The summed E-state index contributed by atoms with van der Waals surface area (Å²) in [7, 11) is 0. The van der Waals surface area contributed by atoms with Crippen LogP contribution < -0.4 is 4.74 Å². The van der Waals surface area contributed by atoms with E-state index in [9.17, 15) is 0 Å². The van der Waals surface area contributed by atoms with Gasteiger partial charge in [-0.2, -0.15) is 5.26 Å². The van der Waals surface area contributed by atoms with E-state index >= 15 is 0 Å². The number of aromatic nitrogens is 1. The maximum absolute atomic E-state index is 8.80. The lowest BCUT2D eigenvalue weighted by atomic mass is 10.2. The molecule has 0 bridgehead atoms. The number of halogens is 1. The highest BCUT2D eigenvalue weighted by Crippen LogP contribution is 2.22. The monoisotopic (exact) mass is 302 g/mol. The third kappa shape index (κ3) is 3.31. The summed E-state index contributed by atoms with van der Waals surface area (Å²) in [6, 6.07) is 13.2. The van der Waals surface area contributed by atoms with Crippen LogP contribution >= 0.6 is 15.9 Å². The zero-order chi connectivity index (χ0) is 12.8. The molecular formula is C14H11BrN2O. The molecule has 0 amide bonds. The Kier molecular flexibility index (Phi) is 4.32. The van der Waals surface area contributed by atoms with Crippen molar-refractivity contribution in [2.24, 2.45) is 0 Å². The highest BCUT2D eigenvalue weighted by molar-refractivity contribution is 9.10. The Morgan fingerprint density at radius 2 is 2.17 bits per heavy atom. The third-order valence-corrected chi connectivity index (χ3v) is 3.07. The Bertz CT molecular complexity index is 564. The Morgan fingerprint density at radius 3 is 2.83 bits per heavy atom. The van der Waals surface area contributed by atoms with Crippen LogP contribution in [0.5, 0.6) is 5.75 Å². The van der Waals surface area contributed by atoms with Crippen molar-refractivity contribution in [3.05, 3.63) is 58.3 Å². The molecule has 2 rings (SSSR count). The van der Waals surface area contributed by atoms with E-state index in [2.05, 4.69) is 27.0 Å². The predicted octanol–water partition coefficient (Wildman–Crippen LogP) is 3.34. The summed E-state index contributed by atoms with van der Waals surface area (Å²) in [5.41, 5.74) is 1.61. The van der Waals surface area contributed by atoms with Gasteiger partial charge in [0.15, 0.2) is 0 Å². The minimum atomic E-state index is 0.565. The van der Waals surface area contributed by atoms with Gasteiger partial charge in [-0.05, 0) is 46.3 Å². The highest BCUT2D eigenvalue weighted by atomic mass is 79.9. The van der Waals surface area contributed by atoms with Crippen molar-refractivity contribution in [2.75, 3.05) is 6.61 Å². The second-order valence-corrected chi connectivity index (χ2v) is 4.53. The van der Waals surface area contributed by atoms with Crippen LogP contribution in [-0.4, -0.2) is 11.6 Å². The van der Waals surface area contributed by atoms with Gasteiger partial charge in [0, 0.05) is 22.8 Å². The first-order chi connectivity index (χ1) is 8.79. The SMILES string of the molecule is N#Cc1ccc(OCCc2ccccn2)cc1Br. The standard InChI is InChI=1S/C14H11BrN2O/c15-14-9-13(5-4-11(14)10-16)18-8-6-12-3-1-2-7-17-12/h1-5,7,9H,6,8H2. The smallest absolute Gasteiger partial charge is 0.120 e. The van der Waals surface area contributed by atoms with E-state index in [1.807, 2.05) is 18.2 Å². The van der Waals surface area contributed by atoms with Gasteiger partial charge in [-0.3, -0.25) is 4.98 Å². The first-order valence-electron chi connectivity index (χ1n) is 5.52. The van der Waals surface area contributed by atoms with E-state index < -0.39 is 0 Å². The van der Waals surface area contributed by atoms with E-state index in [0.717, 1.165) is 22.3 Å². The Morgan fingerprint density at radius 1 is 1.28 bits per heavy atom. The largest absolute Gasteiger partial charge is 0.493 e. The topological polar surface area (TPSA) is 45.9 Å². The molecule has 0 saturated carbocycles. The van der Waals surface area contributed by atoms with Crippen LogP contribution in [0.3, 0.4) is 0 Å². The quantitative estimate of drug-likeness (QED) is 0.870. The maximum atomic E-state index is 8.80. The van der Waals surface area contributed by atoms with Crippen molar-refractivity contribution in [3.8, 4) is 11.8 Å². The van der Waals surface area contributed by atoms with Crippen LogP contribution in [0.1, 0.15) is 11.3 Å². The molecule has 18 heavy (non-hydrogen) atoms. The summed E-state index contributed by atoms with van der Waals surface area (Å²) >= 11 is 3.33. The number of hydrogen-bond donors (Lipinski definition) is 0. The summed E-state index contributed by atoms with van der Waals surface area (Å²) in [6.45, 7) is 0.565. The summed E-state index contributed by atoms with van der Waals surface area (Å²) in [5.74, 6) is 0.747. The number of hydrogen-bond acceptors (Lipinski definition) is 3. The normalized spacial score (nSPS) is 9.78. The molecule has 0 atom stereocenters. The molecule has 90 valence electrons. The molecule has 4 heteroatoms. The summed E-state index contributed by atoms with van der Waals surface area (Å²) in [4.78, 5) is 4.22. The van der Waals surface area contributed by atoms with Gasteiger partial charge in [-0.1, -0.05) is 6.07 Å². The van der Waals surface area contributed by atoms with Gasteiger partial charge >= 0.3 is 0 Å². The van der Waals surface area contributed by atoms with Crippen molar-refractivity contribution in [1.82, 2.24) is 4.98 Å². The lowest BCUT2D eigenvalue weighted by Gasteiger charge is -2.06. The van der Waals surface area contributed by atoms with Gasteiger partial charge < -0.3 is 4.74 Å². The third-order valence-electron chi connectivity index (χ3n) is 2.41. The molecule has 0 aliphatic carbocycles. The number of rotatable bonds is 4. The first kappa shape index (κ1) is 12.6. The molecule has 0 saturated heterocycles. The summed E-state index contributed by atoms with van der Waals surface area (Å²) in [6.07, 6.45) is 2.53. The van der Waals surface area contributed by atoms with Gasteiger partial charge in [0.25, 0.3) is 0 Å². The predicted molar refractivity (Wildman–Crippen MR) is 72.3 cm³/mol. The number of nitriles is 1.